The number of carbonyl (C=O) groups is 1. The predicted molar refractivity (Wildman–Crippen MR) is 83.6 cm³/mol. The number of nitrogens with one attached hydrogen (secondary N) is 2. The van der Waals surface area contributed by atoms with Crippen LogP contribution in [0, 0.1) is 0 Å². The molecule has 0 unspecified atom stereocenters. The molecule has 0 spiro atoms. The summed E-state index contributed by atoms with van der Waals surface area (Å²) < 4.78 is 24.0. The molecule has 0 fully saturated rings. The maximum absolute atomic E-state index is 11.8. The summed E-state index contributed by atoms with van der Waals surface area (Å²) in [5.74, 6) is -0.197. The van der Waals surface area contributed by atoms with E-state index in [9.17, 15) is 13.2 Å². The molecule has 1 rings (SSSR count). The van der Waals surface area contributed by atoms with Gasteiger partial charge in [0, 0.05) is 16.3 Å². The number of amides is 1. The summed E-state index contributed by atoms with van der Waals surface area (Å²) in [4.78, 5) is 11.9. The quantitative estimate of drug-likeness (QED) is 0.860. The number of rotatable bonds is 4. The molecule has 0 bridgehead atoms. The smallest absolute Gasteiger partial charge is 0.239 e. The van der Waals surface area contributed by atoms with E-state index in [4.69, 9.17) is 0 Å². The van der Waals surface area contributed by atoms with Crippen LogP contribution in [0.15, 0.2) is 27.6 Å². The summed E-state index contributed by atoms with van der Waals surface area (Å²) in [6.07, 6.45) is 1.13. The topological polar surface area (TPSA) is 75.3 Å². The van der Waals surface area contributed by atoms with Gasteiger partial charge in [-0.1, -0.05) is 6.07 Å². The average Bonchev–Trinajstić information content (AvgIpc) is 2.22. The molecule has 0 aliphatic carbocycles. The third-order valence-electron chi connectivity index (χ3n) is 2.29. The van der Waals surface area contributed by atoms with E-state index in [1.54, 1.807) is 18.2 Å². The highest BCUT2D eigenvalue weighted by molar-refractivity contribution is 9.10. The molecular weight excluding hydrogens is 344 g/mol. The second kappa shape index (κ2) is 6.13. The molecule has 0 atom stereocenters. The van der Waals surface area contributed by atoms with Gasteiger partial charge in [0.15, 0.2) is 9.84 Å². The second-order valence-electron chi connectivity index (χ2n) is 5.54. The predicted octanol–water partition coefficient (Wildman–Crippen LogP) is 2.18. The minimum absolute atomic E-state index is 0.0102. The van der Waals surface area contributed by atoms with Crippen molar-refractivity contribution in [2.24, 2.45) is 0 Å². The Balaban J connectivity index is 2.90. The lowest BCUT2D eigenvalue weighted by Gasteiger charge is -2.21. The number of carbonyl (C=O) groups excluding carboxylic acids is 1. The first-order valence-corrected chi connectivity index (χ1v) is 8.72. The van der Waals surface area contributed by atoms with E-state index >= 15 is 0 Å². The number of anilines is 1. The van der Waals surface area contributed by atoms with Crippen LogP contribution in [-0.4, -0.2) is 32.7 Å². The van der Waals surface area contributed by atoms with Crippen LogP contribution in [0.4, 0.5) is 5.69 Å². The normalized spacial score (nSPS) is 12.1. The number of hydrogen-bond acceptors (Lipinski definition) is 4. The van der Waals surface area contributed by atoms with Crippen molar-refractivity contribution in [3.05, 3.63) is 22.7 Å². The van der Waals surface area contributed by atoms with Gasteiger partial charge in [0.25, 0.3) is 0 Å². The Morgan fingerprint density at radius 1 is 1.30 bits per heavy atom. The molecule has 2 N–H and O–H groups in total. The largest absolute Gasteiger partial charge is 0.375 e. The van der Waals surface area contributed by atoms with Crippen molar-refractivity contribution in [3.8, 4) is 0 Å². The maximum atomic E-state index is 11.8. The molecule has 0 aromatic heterocycles. The van der Waals surface area contributed by atoms with Crippen LogP contribution in [0.3, 0.4) is 0 Å². The van der Waals surface area contributed by atoms with Crippen LogP contribution in [-0.2, 0) is 14.6 Å². The van der Waals surface area contributed by atoms with Gasteiger partial charge in [-0.3, -0.25) is 4.79 Å². The number of halogens is 1. The molecule has 0 saturated carbocycles. The molecule has 1 amide bonds. The summed E-state index contributed by atoms with van der Waals surface area (Å²) >= 11 is 3.22. The van der Waals surface area contributed by atoms with Gasteiger partial charge >= 0.3 is 0 Å². The highest BCUT2D eigenvalue weighted by atomic mass is 79.9. The molecule has 112 valence electrons. The van der Waals surface area contributed by atoms with Gasteiger partial charge in [0.2, 0.25) is 5.91 Å². The Morgan fingerprint density at radius 3 is 2.40 bits per heavy atom. The average molecular weight is 363 g/mol. The fourth-order valence-corrected chi connectivity index (χ4v) is 3.87. The van der Waals surface area contributed by atoms with Crippen LogP contribution in [0.2, 0.25) is 0 Å². The Bertz CT molecular complexity index is 607. The summed E-state index contributed by atoms with van der Waals surface area (Å²) in [7, 11) is -3.39. The fraction of sp³-hybridized carbons (Fsp3) is 0.462. The summed E-state index contributed by atoms with van der Waals surface area (Å²) in [5.41, 5.74) is 0.0846. The van der Waals surface area contributed by atoms with Gasteiger partial charge in [0.05, 0.1) is 12.2 Å². The SMILES string of the molecule is CC(C)(C)NC(=O)CNc1cccc(Br)c1S(C)(=O)=O. The van der Waals surface area contributed by atoms with Crippen molar-refractivity contribution in [1.82, 2.24) is 5.32 Å². The van der Waals surface area contributed by atoms with Gasteiger partial charge in [0.1, 0.15) is 4.90 Å². The molecule has 1 aromatic carbocycles. The van der Waals surface area contributed by atoms with Crippen molar-refractivity contribution in [3.63, 3.8) is 0 Å². The van der Waals surface area contributed by atoms with E-state index in [2.05, 4.69) is 26.6 Å². The van der Waals surface area contributed by atoms with Gasteiger partial charge in [-0.2, -0.15) is 0 Å². The van der Waals surface area contributed by atoms with E-state index in [0.717, 1.165) is 6.26 Å². The third-order valence-corrected chi connectivity index (χ3v) is 4.40. The highest BCUT2D eigenvalue weighted by Gasteiger charge is 2.18. The molecule has 7 heteroatoms. The van der Waals surface area contributed by atoms with E-state index in [0.29, 0.717) is 10.2 Å². The molecule has 20 heavy (non-hydrogen) atoms. The van der Waals surface area contributed by atoms with Crippen molar-refractivity contribution in [1.29, 1.82) is 0 Å². The van der Waals surface area contributed by atoms with Gasteiger partial charge < -0.3 is 10.6 Å². The van der Waals surface area contributed by atoms with Crippen LogP contribution in [0.5, 0.6) is 0 Å². The van der Waals surface area contributed by atoms with Crippen LogP contribution in [0.25, 0.3) is 0 Å². The van der Waals surface area contributed by atoms with E-state index < -0.39 is 9.84 Å². The van der Waals surface area contributed by atoms with Crippen molar-refractivity contribution >= 4 is 37.4 Å². The zero-order valence-corrected chi connectivity index (χ0v) is 14.4. The van der Waals surface area contributed by atoms with E-state index in [1.165, 1.54) is 0 Å². The number of benzene rings is 1. The van der Waals surface area contributed by atoms with Crippen LogP contribution < -0.4 is 10.6 Å². The lowest BCUT2D eigenvalue weighted by molar-refractivity contribution is -0.120. The second-order valence-corrected chi connectivity index (χ2v) is 8.35. The van der Waals surface area contributed by atoms with E-state index in [1.807, 2.05) is 20.8 Å². The van der Waals surface area contributed by atoms with Crippen molar-refractivity contribution in [2.45, 2.75) is 31.2 Å². The van der Waals surface area contributed by atoms with Crippen molar-refractivity contribution < 1.29 is 13.2 Å². The Morgan fingerprint density at radius 2 is 1.90 bits per heavy atom. The monoisotopic (exact) mass is 362 g/mol. The summed E-state index contributed by atoms with van der Waals surface area (Å²) in [5, 5.41) is 5.66. The first kappa shape index (κ1) is 17.0. The van der Waals surface area contributed by atoms with E-state index in [-0.39, 0.29) is 22.9 Å². The van der Waals surface area contributed by atoms with Gasteiger partial charge in [-0.25, -0.2) is 8.42 Å². The number of hydrogen-bond donors (Lipinski definition) is 2. The Hall–Kier alpha value is -1.08. The third kappa shape index (κ3) is 5.13. The summed E-state index contributed by atoms with van der Waals surface area (Å²) in [6, 6.07) is 4.99. The lowest BCUT2D eigenvalue weighted by Crippen LogP contribution is -2.43. The molecular formula is C13H19BrN2O3S. The summed E-state index contributed by atoms with van der Waals surface area (Å²) in [6.45, 7) is 5.65. The zero-order chi connectivity index (χ0) is 15.6. The van der Waals surface area contributed by atoms with Crippen molar-refractivity contribution in [2.75, 3.05) is 18.1 Å². The highest BCUT2D eigenvalue weighted by Crippen LogP contribution is 2.29. The first-order valence-electron chi connectivity index (χ1n) is 6.04. The molecule has 5 nitrogen and oxygen atoms in total. The Kier molecular flexibility index (Phi) is 5.21. The molecule has 1 aromatic rings. The molecule has 0 heterocycles. The Labute approximate surface area is 128 Å². The standard InChI is InChI=1S/C13H19BrN2O3S/c1-13(2,3)16-11(17)8-15-10-7-5-6-9(14)12(10)20(4,18)19/h5-7,15H,8H2,1-4H3,(H,16,17). The molecule has 0 radical (unpaired) electrons. The van der Waals surface area contributed by atoms with Gasteiger partial charge in [-0.05, 0) is 48.8 Å². The lowest BCUT2D eigenvalue weighted by atomic mass is 10.1. The molecule has 0 aliphatic heterocycles. The zero-order valence-electron chi connectivity index (χ0n) is 12.0. The first-order chi connectivity index (χ1) is 9.00. The maximum Gasteiger partial charge on any atom is 0.239 e. The minimum Gasteiger partial charge on any atom is -0.375 e. The fourth-order valence-electron chi connectivity index (χ4n) is 1.66. The molecule has 0 saturated heterocycles. The number of sulfone groups is 1. The van der Waals surface area contributed by atoms with Crippen LogP contribution in [0.1, 0.15) is 20.8 Å². The molecule has 0 aliphatic rings. The minimum atomic E-state index is -3.39. The van der Waals surface area contributed by atoms with Crippen LogP contribution >= 0.6 is 15.9 Å². The van der Waals surface area contributed by atoms with Gasteiger partial charge in [-0.15, -0.1) is 0 Å².